The van der Waals surface area contributed by atoms with Crippen molar-refractivity contribution < 1.29 is 14.4 Å². The molecule has 1 atom stereocenters. The lowest BCUT2D eigenvalue weighted by molar-refractivity contribution is -0.133. The number of carbonyl (C=O) groups excluding carboxylic acids is 3. The summed E-state index contributed by atoms with van der Waals surface area (Å²) in [5.41, 5.74) is -0.649. The Balaban J connectivity index is 2.04. The molecule has 0 aliphatic carbocycles. The van der Waals surface area contributed by atoms with Crippen LogP contribution in [0.2, 0.25) is 10.0 Å². The van der Waals surface area contributed by atoms with Crippen LogP contribution in [0, 0.1) is 5.92 Å². The molecule has 1 aliphatic rings. The van der Waals surface area contributed by atoms with Crippen LogP contribution >= 0.6 is 23.2 Å². The Kier molecular flexibility index (Phi) is 5.95. The monoisotopic (exact) mass is 385 g/mol. The Morgan fingerprint density at radius 1 is 1.32 bits per heavy atom. The zero-order valence-corrected chi connectivity index (χ0v) is 15.9. The van der Waals surface area contributed by atoms with Crippen molar-refractivity contribution in [1.82, 2.24) is 10.2 Å². The van der Waals surface area contributed by atoms with Crippen LogP contribution in [0.4, 0.5) is 10.5 Å². The van der Waals surface area contributed by atoms with Crippen molar-refractivity contribution in [2.45, 2.75) is 39.2 Å². The lowest BCUT2D eigenvalue weighted by atomic mass is 9.92. The minimum atomic E-state index is -0.977. The van der Waals surface area contributed by atoms with Crippen LogP contribution in [0.25, 0.3) is 0 Å². The molecule has 1 aromatic carbocycles. The first-order chi connectivity index (χ1) is 11.6. The summed E-state index contributed by atoms with van der Waals surface area (Å²) in [7, 11) is 0. The van der Waals surface area contributed by atoms with Gasteiger partial charge in [-0.1, -0.05) is 37.0 Å². The van der Waals surface area contributed by atoms with Gasteiger partial charge in [0, 0.05) is 5.02 Å². The molecule has 0 spiro atoms. The van der Waals surface area contributed by atoms with E-state index in [4.69, 9.17) is 23.2 Å². The van der Waals surface area contributed by atoms with Gasteiger partial charge < -0.3 is 10.6 Å². The van der Waals surface area contributed by atoms with Gasteiger partial charge in [-0.3, -0.25) is 14.5 Å². The first-order valence-corrected chi connectivity index (χ1v) is 8.77. The van der Waals surface area contributed by atoms with Crippen LogP contribution in [0.3, 0.4) is 0 Å². The predicted molar refractivity (Wildman–Crippen MR) is 97.8 cm³/mol. The maximum Gasteiger partial charge on any atom is 0.325 e. The first-order valence-electron chi connectivity index (χ1n) is 8.01. The first kappa shape index (κ1) is 19.5. The molecule has 8 heteroatoms. The highest BCUT2D eigenvalue weighted by Crippen LogP contribution is 2.27. The molecule has 6 nitrogen and oxygen atoms in total. The number of carbonyl (C=O) groups is 3. The molecule has 2 rings (SSSR count). The number of amides is 4. The summed E-state index contributed by atoms with van der Waals surface area (Å²) in [5, 5.41) is 5.98. The number of hydrogen-bond donors (Lipinski definition) is 2. The van der Waals surface area contributed by atoms with Gasteiger partial charge in [0.05, 0.1) is 10.7 Å². The van der Waals surface area contributed by atoms with Gasteiger partial charge in [-0.15, -0.1) is 0 Å². The molecule has 0 unspecified atom stereocenters. The smallest absolute Gasteiger partial charge is 0.323 e. The van der Waals surface area contributed by atoms with Crippen molar-refractivity contribution in [2.24, 2.45) is 5.92 Å². The van der Waals surface area contributed by atoms with E-state index in [1.807, 2.05) is 13.8 Å². The molecule has 0 radical (unpaired) electrons. The third-order valence-corrected chi connectivity index (χ3v) is 4.64. The molecule has 0 bridgehead atoms. The van der Waals surface area contributed by atoms with E-state index in [9.17, 15) is 14.4 Å². The minimum Gasteiger partial charge on any atom is -0.323 e. The lowest BCUT2D eigenvalue weighted by Gasteiger charge is -2.22. The van der Waals surface area contributed by atoms with Gasteiger partial charge in [-0.25, -0.2) is 4.79 Å². The number of urea groups is 1. The van der Waals surface area contributed by atoms with Crippen LogP contribution in [0.15, 0.2) is 18.2 Å². The summed E-state index contributed by atoms with van der Waals surface area (Å²) < 4.78 is 0. The Hall–Kier alpha value is -1.79. The number of hydrogen-bond acceptors (Lipinski definition) is 3. The van der Waals surface area contributed by atoms with Gasteiger partial charge in [-0.2, -0.15) is 0 Å². The SMILES string of the molecule is CC(C)CC[C@]1(C)NC(=O)N(CC(=O)Nc2cc(Cl)ccc2Cl)C1=O. The van der Waals surface area contributed by atoms with Crippen molar-refractivity contribution in [1.29, 1.82) is 0 Å². The average molecular weight is 386 g/mol. The Labute approximate surface area is 156 Å². The molecule has 1 saturated heterocycles. The summed E-state index contributed by atoms with van der Waals surface area (Å²) in [6.45, 7) is 5.39. The van der Waals surface area contributed by atoms with Crippen molar-refractivity contribution >= 4 is 46.7 Å². The standard InChI is InChI=1S/C17H21Cl2N3O3/c1-10(2)6-7-17(3)15(24)22(16(25)21-17)9-14(23)20-13-8-11(18)4-5-12(13)19/h4-5,8,10H,6-7,9H2,1-3H3,(H,20,23)(H,21,25)/t17-/m0/s1. The van der Waals surface area contributed by atoms with Crippen molar-refractivity contribution in [3.63, 3.8) is 0 Å². The molecular weight excluding hydrogens is 365 g/mol. The van der Waals surface area contributed by atoms with E-state index in [2.05, 4.69) is 10.6 Å². The van der Waals surface area contributed by atoms with Crippen molar-refractivity contribution in [3.8, 4) is 0 Å². The quantitative estimate of drug-likeness (QED) is 0.733. The van der Waals surface area contributed by atoms with Crippen LogP contribution in [-0.2, 0) is 9.59 Å². The average Bonchev–Trinajstić information content (AvgIpc) is 2.73. The predicted octanol–water partition coefficient (Wildman–Crippen LogP) is 3.68. The maximum absolute atomic E-state index is 12.6. The fourth-order valence-electron chi connectivity index (χ4n) is 2.56. The molecule has 1 aromatic rings. The lowest BCUT2D eigenvalue weighted by Crippen LogP contribution is -2.44. The van der Waals surface area contributed by atoms with Gasteiger partial charge in [0.15, 0.2) is 0 Å². The van der Waals surface area contributed by atoms with E-state index in [-0.39, 0.29) is 6.54 Å². The minimum absolute atomic E-state index is 0.316. The zero-order chi connectivity index (χ0) is 18.8. The van der Waals surface area contributed by atoms with Gasteiger partial charge in [0.2, 0.25) is 5.91 Å². The number of anilines is 1. The highest BCUT2D eigenvalue weighted by Gasteiger charge is 2.47. The Morgan fingerprint density at radius 2 is 2.00 bits per heavy atom. The highest BCUT2D eigenvalue weighted by atomic mass is 35.5. The largest absolute Gasteiger partial charge is 0.325 e. The molecule has 1 heterocycles. The third-order valence-electron chi connectivity index (χ3n) is 4.07. The van der Waals surface area contributed by atoms with Gasteiger partial charge in [0.1, 0.15) is 12.1 Å². The van der Waals surface area contributed by atoms with Crippen molar-refractivity contribution in [3.05, 3.63) is 28.2 Å². The number of halogens is 2. The number of nitrogens with zero attached hydrogens (tertiary/aromatic N) is 1. The second-order valence-corrected chi connectivity index (χ2v) is 7.60. The fraction of sp³-hybridized carbons (Fsp3) is 0.471. The summed E-state index contributed by atoms with van der Waals surface area (Å²) >= 11 is 11.9. The van der Waals surface area contributed by atoms with E-state index in [0.717, 1.165) is 11.3 Å². The van der Waals surface area contributed by atoms with E-state index < -0.39 is 23.4 Å². The molecule has 4 amide bonds. The van der Waals surface area contributed by atoms with E-state index in [0.29, 0.717) is 28.1 Å². The van der Waals surface area contributed by atoms with Crippen LogP contribution in [0.1, 0.15) is 33.6 Å². The molecule has 1 aliphatic heterocycles. The van der Waals surface area contributed by atoms with Gasteiger partial charge in [-0.05, 0) is 43.9 Å². The van der Waals surface area contributed by atoms with Gasteiger partial charge in [0.25, 0.3) is 5.91 Å². The number of rotatable bonds is 6. The van der Waals surface area contributed by atoms with E-state index in [1.165, 1.54) is 6.07 Å². The number of nitrogens with one attached hydrogen (secondary N) is 2. The summed E-state index contributed by atoms with van der Waals surface area (Å²) in [4.78, 5) is 37.8. The van der Waals surface area contributed by atoms with Crippen LogP contribution in [0.5, 0.6) is 0 Å². The van der Waals surface area contributed by atoms with E-state index >= 15 is 0 Å². The summed E-state index contributed by atoms with van der Waals surface area (Å²) in [5.74, 6) is -0.518. The topological polar surface area (TPSA) is 78.5 Å². The fourth-order valence-corrected chi connectivity index (χ4v) is 2.90. The van der Waals surface area contributed by atoms with Crippen LogP contribution < -0.4 is 10.6 Å². The molecule has 0 saturated carbocycles. The zero-order valence-electron chi connectivity index (χ0n) is 14.4. The summed E-state index contributed by atoms with van der Waals surface area (Å²) in [6.07, 6.45) is 1.31. The van der Waals surface area contributed by atoms with Gasteiger partial charge >= 0.3 is 6.03 Å². The second kappa shape index (κ2) is 7.62. The number of benzene rings is 1. The van der Waals surface area contributed by atoms with E-state index in [1.54, 1.807) is 19.1 Å². The van der Waals surface area contributed by atoms with Crippen molar-refractivity contribution in [2.75, 3.05) is 11.9 Å². The molecule has 1 fully saturated rings. The molecule has 25 heavy (non-hydrogen) atoms. The molecule has 0 aromatic heterocycles. The Bertz CT molecular complexity index is 708. The maximum atomic E-state index is 12.6. The highest BCUT2D eigenvalue weighted by molar-refractivity contribution is 6.35. The summed E-state index contributed by atoms with van der Waals surface area (Å²) in [6, 6.07) is 4.08. The normalized spacial score (nSPS) is 20.2. The Morgan fingerprint density at radius 3 is 2.64 bits per heavy atom. The number of imide groups is 1. The third kappa shape index (κ3) is 4.64. The molecule has 136 valence electrons. The second-order valence-electron chi connectivity index (χ2n) is 6.76. The molecule has 2 N–H and O–H groups in total. The van der Waals surface area contributed by atoms with Crippen LogP contribution in [-0.4, -0.2) is 34.8 Å². The molecular formula is C17H21Cl2N3O3.